The second kappa shape index (κ2) is 9.75. The molecule has 0 bridgehead atoms. The van der Waals surface area contributed by atoms with Crippen molar-refractivity contribution in [2.24, 2.45) is 22.7 Å². The number of ether oxygens (including phenoxy) is 1. The van der Waals surface area contributed by atoms with Crippen molar-refractivity contribution in [3.8, 4) is 0 Å². The number of carbonyl (C=O) groups excluding carboxylic acids is 1. The molecular weight excluding hydrogens is 398 g/mol. The van der Waals surface area contributed by atoms with Gasteiger partial charge in [-0.1, -0.05) is 38.3 Å². The van der Waals surface area contributed by atoms with Gasteiger partial charge >= 0.3 is 5.97 Å². The number of methoxy groups -OCH3 is 1. The normalized spacial score (nSPS) is 34.0. The molecule has 4 atom stereocenters. The molecule has 0 unspecified atom stereocenters. The highest BCUT2D eigenvalue weighted by atomic mass is 16.5. The number of esters is 1. The van der Waals surface area contributed by atoms with Crippen molar-refractivity contribution in [3.63, 3.8) is 0 Å². The third-order valence-corrected chi connectivity index (χ3v) is 9.28. The minimum absolute atomic E-state index is 0.0192. The van der Waals surface area contributed by atoms with Crippen LogP contribution in [0.5, 0.6) is 0 Å². The molecule has 1 aromatic heterocycles. The van der Waals surface area contributed by atoms with Crippen molar-refractivity contribution in [3.05, 3.63) is 35.8 Å². The Morgan fingerprint density at radius 2 is 1.94 bits per heavy atom. The van der Waals surface area contributed by atoms with Crippen LogP contribution in [0.1, 0.15) is 89.4 Å². The van der Waals surface area contributed by atoms with Crippen LogP contribution >= 0.6 is 0 Å². The van der Waals surface area contributed by atoms with Crippen LogP contribution in [0.4, 0.5) is 0 Å². The molecule has 0 aromatic carbocycles. The first-order chi connectivity index (χ1) is 15.4. The summed E-state index contributed by atoms with van der Waals surface area (Å²) in [7, 11) is 1.55. The molecule has 1 aromatic rings. The van der Waals surface area contributed by atoms with Gasteiger partial charge < -0.3 is 9.15 Å². The first-order valence-corrected chi connectivity index (χ1v) is 12.9. The van der Waals surface area contributed by atoms with Gasteiger partial charge in [0.25, 0.3) is 0 Å². The van der Waals surface area contributed by atoms with E-state index < -0.39 is 0 Å². The van der Waals surface area contributed by atoms with E-state index >= 15 is 0 Å². The van der Waals surface area contributed by atoms with Crippen LogP contribution in [0.2, 0.25) is 0 Å². The third-order valence-electron chi connectivity index (χ3n) is 9.28. The summed E-state index contributed by atoms with van der Waals surface area (Å²) < 4.78 is 11.2. The van der Waals surface area contributed by atoms with Crippen molar-refractivity contribution in [2.75, 3.05) is 20.2 Å². The molecule has 3 aliphatic rings. The molecular formula is C28H43NO3. The van der Waals surface area contributed by atoms with Crippen LogP contribution < -0.4 is 0 Å². The molecule has 0 amide bonds. The van der Waals surface area contributed by atoms with Gasteiger partial charge in [0.05, 0.1) is 25.3 Å². The maximum Gasteiger partial charge on any atom is 0.311 e. The lowest BCUT2D eigenvalue weighted by molar-refractivity contribution is -0.168. The van der Waals surface area contributed by atoms with Crippen LogP contribution in [-0.4, -0.2) is 31.1 Å². The standard InChI is InChI=1S/C28H43NO3/c1-21-10-13-25-27(2,15-9-16-28(25,3)26(30)31-4)23(21)12-11-22-14-19-32-24(22)20-29-17-7-5-6-8-18-29/h14,19,23,25H,1,5-13,15-18,20H2,2-4H3/t23-,25+,27-,28+/m0/s1. The fourth-order valence-corrected chi connectivity index (χ4v) is 7.49. The number of carbonyl (C=O) groups is 1. The molecule has 0 N–H and O–H groups in total. The molecule has 4 heteroatoms. The smallest absolute Gasteiger partial charge is 0.311 e. The summed E-state index contributed by atoms with van der Waals surface area (Å²) in [4.78, 5) is 15.4. The van der Waals surface area contributed by atoms with Gasteiger partial charge in [0.1, 0.15) is 5.76 Å². The molecule has 1 aliphatic heterocycles. The average Bonchev–Trinajstić information content (AvgIpc) is 3.04. The minimum Gasteiger partial charge on any atom is -0.469 e. The molecule has 178 valence electrons. The van der Waals surface area contributed by atoms with E-state index in [4.69, 9.17) is 9.15 Å². The third kappa shape index (κ3) is 4.44. The number of allylic oxidation sites excluding steroid dienone is 1. The zero-order valence-electron chi connectivity index (χ0n) is 20.6. The number of rotatable bonds is 6. The van der Waals surface area contributed by atoms with E-state index in [1.165, 1.54) is 56.3 Å². The number of likely N-dealkylation sites (tertiary alicyclic amines) is 1. The Morgan fingerprint density at radius 1 is 1.19 bits per heavy atom. The average molecular weight is 442 g/mol. The quantitative estimate of drug-likeness (QED) is 0.371. The van der Waals surface area contributed by atoms with Crippen LogP contribution in [0, 0.1) is 22.7 Å². The van der Waals surface area contributed by atoms with E-state index in [2.05, 4.69) is 31.4 Å². The monoisotopic (exact) mass is 441 g/mol. The lowest BCUT2D eigenvalue weighted by Crippen LogP contribution is -2.53. The molecule has 32 heavy (non-hydrogen) atoms. The van der Waals surface area contributed by atoms with Crippen LogP contribution in [-0.2, 0) is 22.5 Å². The van der Waals surface area contributed by atoms with Crippen LogP contribution in [0.3, 0.4) is 0 Å². The van der Waals surface area contributed by atoms with Gasteiger partial charge in [-0.15, -0.1) is 0 Å². The highest BCUT2D eigenvalue weighted by Crippen LogP contribution is 2.62. The summed E-state index contributed by atoms with van der Waals surface area (Å²) in [5.41, 5.74) is 2.49. The predicted molar refractivity (Wildman–Crippen MR) is 128 cm³/mol. The van der Waals surface area contributed by atoms with Gasteiger partial charge in [0, 0.05) is 0 Å². The second-order valence-electron chi connectivity index (χ2n) is 11.2. The number of hydrogen-bond donors (Lipinski definition) is 0. The Morgan fingerprint density at radius 3 is 2.66 bits per heavy atom. The Labute approximate surface area is 194 Å². The Hall–Kier alpha value is -1.55. The SMILES string of the molecule is C=C1CC[C@@H]2[C@@](C)(CCC[C@@]2(C)C(=O)OC)[C@H]1CCc1ccoc1CN1CCCCCC1. The molecule has 2 aliphatic carbocycles. The lowest BCUT2D eigenvalue weighted by Gasteiger charge is -2.57. The molecule has 3 fully saturated rings. The lowest BCUT2D eigenvalue weighted by atomic mass is 9.46. The van der Waals surface area contributed by atoms with E-state index in [-0.39, 0.29) is 16.8 Å². The number of aryl methyl sites for hydroxylation is 1. The maximum absolute atomic E-state index is 12.8. The fourth-order valence-electron chi connectivity index (χ4n) is 7.49. The molecule has 4 rings (SSSR count). The summed E-state index contributed by atoms with van der Waals surface area (Å²) >= 11 is 0. The number of nitrogens with zero attached hydrogens (tertiary/aromatic N) is 1. The summed E-state index contributed by atoms with van der Waals surface area (Å²) in [5, 5.41) is 0. The molecule has 1 saturated heterocycles. The van der Waals surface area contributed by atoms with Crippen molar-refractivity contribution in [2.45, 2.75) is 91.0 Å². The van der Waals surface area contributed by atoms with Gasteiger partial charge in [0.15, 0.2) is 0 Å². The van der Waals surface area contributed by atoms with Gasteiger partial charge in [-0.3, -0.25) is 9.69 Å². The second-order valence-corrected chi connectivity index (χ2v) is 11.2. The van der Waals surface area contributed by atoms with E-state index in [0.717, 1.165) is 50.8 Å². The Bertz CT molecular complexity index is 805. The first kappa shape index (κ1) is 23.6. The number of fused-ring (bicyclic) bond motifs is 1. The van der Waals surface area contributed by atoms with Crippen molar-refractivity contribution >= 4 is 5.97 Å². The zero-order valence-corrected chi connectivity index (χ0v) is 20.6. The molecule has 4 nitrogen and oxygen atoms in total. The topological polar surface area (TPSA) is 42.7 Å². The van der Waals surface area contributed by atoms with E-state index in [9.17, 15) is 4.79 Å². The van der Waals surface area contributed by atoms with Crippen molar-refractivity contribution < 1.29 is 13.9 Å². The van der Waals surface area contributed by atoms with Gasteiger partial charge in [0.2, 0.25) is 0 Å². The number of furan rings is 1. The maximum atomic E-state index is 12.8. The van der Waals surface area contributed by atoms with E-state index in [1.54, 1.807) is 7.11 Å². The molecule has 0 radical (unpaired) electrons. The largest absolute Gasteiger partial charge is 0.469 e. The summed E-state index contributed by atoms with van der Waals surface area (Å²) in [6, 6.07) is 2.18. The minimum atomic E-state index is -0.367. The summed E-state index contributed by atoms with van der Waals surface area (Å²) in [6.07, 6.45) is 14.6. The van der Waals surface area contributed by atoms with Crippen molar-refractivity contribution in [1.82, 2.24) is 4.90 Å². The Kier molecular flexibility index (Phi) is 7.19. The Balaban J connectivity index is 1.48. The highest BCUT2D eigenvalue weighted by molar-refractivity contribution is 5.77. The van der Waals surface area contributed by atoms with Crippen LogP contribution in [0.15, 0.2) is 28.9 Å². The fraction of sp³-hybridized carbons (Fsp3) is 0.750. The molecule has 2 heterocycles. The first-order valence-electron chi connectivity index (χ1n) is 12.9. The zero-order chi connectivity index (χ0) is 22.8. The summed E-state index contributed by atoms with van der Waals surface area (Å²) in [6.45, 7) is 12.4. The van der Waals surface area contributed by atoms with Gasteiger partial charge in [-0.25, -0.2) is 0 Å². The van der Waals surface area contributed by atoms with Crippen molar-refractivity contribution in [1.29, 1.82) is 0 Å². The summed E-state index contributed by atoms with van der Waals surface area (Å²) in [5.74, 6) is 1.95. The van der Waals surface area contributed by atoms with Gasteiger partial charge in [-0.2, -0.15) is 0 Å². The van der Waals surface area contributed by atoms with E-state index in [0.29, 0.717) is 11.8 Å². The molecule has 2 saturated carbocycles. The van der Waals surface area contributed by atoms with Crippen LogP contribution in [0.25, 0.3) is 0 Å². The van der Waals surface area contributed by atoms with Gasteiger partial charge in [-0.05, 0) is 100 Å². The predicted octanol–water partition coefficient (Wildman–Crippen LogP) is 6.54. The highest BCUT2D eigenvalue weighted by Gasteiger charge is 2.57. The molecule has 0 spiro atoms. The number of hydrogen-bond acceptors (Lipinski definition) is 4. The van der Waals surface area contributed by atoms with E-state index in [1.807, 2.05) is 6.26 Å².